The van der Waals surface area contributed by atoms with Crippen molar-refractivity contribution in [1.82, 2.24) is 4.57 Å². The Balaban J connectivity index is 1.53. The lowest BCUT2D eigenvalue weighted by Crippen LogP contribution is -2.25. The number of fused-ring (bicyclic) bond motifs is 1. The normalized spacial score (nSPS) is 18.2. The Morgan fingerprint density at radius 2 is 1.87 bits per heavy atom. The molecule has 0 bridgehead atoms. The molecule has 1 aliphatic heterocycles. The molecule has 0 spiro atoms. The topological polar surface area (TPSA) is 102 Å². The van der Waals surface area contributed by atoms with Crippen LogP contribution in [0.25, 0.3) is 22.2 Å². The maximum Gasteiger partial charge on any atom is 0.121 e. The molecule has 2 aromatic carbocycles. The lowest BCUT2D eigenvalue weighted by atomic mass is 10.1. The van der Waals surface area contributed by atoms with Crippen molar-refractivity contribution in [3.63, 3.8) is 0 Å². The molecule has 2 aliphatic rings. The van der Waals surface area contributed by atoms with E-state index in [1.165, 1.54) is 12.8 Å². The van der Waals surface area contributed by atoms with Crippen molar-refractivity contribution in [2.75, 3.05) is 23.7 Å². The summed E-state index contributed by atoms with van der Waals surface area (Å²) in [6.07, 6.45) is 4.46. The minimum Gasteiger partial charge on any atom is -0.755 e. The number of hydrogen-bond donors (Lipinski definition) is 2. The highest BCUT2D eigenvalue weighted by atomic mass is 32.2. The first kappa shape index (κ1) is 20.4. The number of nitrogens with two attached hydrogens (primary N) is 1. The van der Waals surface area contributed by atoms with Crippen molar-refractivity contribution in [2.45, 2.75) is 38.3 Å². The van der Waals surface area contributed by atoms with Gasteiger partial charge in [0.1, 0.15) is 11.9 Å². The van der Waals surface area contributed by atoms with Crippen LogP contribution in [0.1, 0.15) is 25.7 Å². The van der Waals surface area contributed by atoms with Crippen LogP contribution in [0.5, 0.6) is 5.75 Å². The predicted molar refractivity (Wildman–Crippen MR) is 122 cm³/mol. The molecule has 31 heavy (non-hydrogen) atoms. The van der Waals surface area contributed by atoms with Crippen LogP contribution in [0.3, 0.4) is 0 Å². The number of nitrogens with zero attached hydrogens (tertiary/aromatic N) is 1. The van der Waals surface area contributed by atoms with E-state index in [9.17, 15) is 8.76 Å². The van der Waals surface area contributed by atoms with Crippen molar-refractivity contribution in [1.29, 1.82) is 0 Å². The SMILES string of the molecule is Nc1c(-c2ccc(NS(=O)[O-])cc2)n(CC2CC2)c2cc(OC3CCOCC3)ccc12. The quantitative estimate of drug-likeness (QED) is 0.540. The number of anilines is 2. The molecule has 1 aliphatic carbocycles. The van der Waals surface area contributed by atoms with Gasteiger partial charge in [0.15, 0.2) is 0 Å². The largest absolute Gasteiger partial charge is 0.755 e. The Hall–Kier alpha value is -2.55. The molecule has 1 unspecified atom stereocenters. The molecule has 2 heterocycles. The van der Waals surface area contributed by atoms with E-state index in [2.05, 4.69) is 15.4 Å². The van der Waals surface area contributed by atoms with E-state index in [1.807, 2.05) is 24.3 Å². The van der Waals surface area contributed by atoms with Crippen LogP contribution in [0.15, 0.2) is 42.5 Å². The van der Waals surface area contributed by atoms with E-state index in [0.29, 0.717) is 11.6 Å². The molecule has 0 radical (unpaired) electrons. The fraction of sp³-hybridized carbons (Fsp3) is 0.391. The first-order valence-electron chi connectivity index (χ1n) is 10.7. The summed E-state index contributed by atoms with van der Waals surface area (Å²) in [6.45, 7) is 2.40. The lowest BCUT2D eigenvalue weighted by molar-refractivity contribution is 0.0256. The molecule has 3 N–H and O–H groups in total. The third-order valence-corrected chi connectivity index (χ3v) is 6.45. The van der Waals surface area contributed by atoms with Gasteiger partial charge in [0.2, 0.25) is 0 Å². The zero-order valence-electron chi connectivity index (χ0n) is 17.2. The minimum absolute atomic E-state index is 0.182. The molecule has 0 amide bonds. The first-order valence-corrected chi connectivity index (χ1v) is 11.8. The Kier molecular flexibility index (Phi) is 5.60. The van der Waals surface area contributed by atoms with Crippen LogP contribution in [0.4, 0.5) is 11.4 Å². The van der Waals surface area contributed by atoms with Gasteiger partial charge >= 0.3 is 0 Å². The van der Waals surface area contributed by atoms with Crippen LogP contribution in [0.2, 0.25) is 0 Å². The molecule has 1 aromatic heterocycles. The van der Waals surface area contributed by atoms with E-state index in [0.717, 1.165) is 66.2 Å². The number of rotatable bonds is 7. The van der Waals surface area contributed by atoms with Gasteiger partial charge in [0.25, 0.3) is 0 Å². The molecule has 1 atom stereocenters. The summed E-state index contributed by atoms with van der Waals surface area (Å²) in [4.78, 5) is 0. The standard InChI is InChI=1S/C23H27N3O4S/c24-22-20-8-7-19(30-18-9-11-29-12-10-18)13-21(20)26(14-15-1-2-15)23(22)16-3-5-17(6-4-16)25-31(27)28/h3-8,13,15,18,25H,1-2,9-12,14,24H2,(H,27,28)/p-1. The summed E-state index contributed by atoms with van der Waals surface area (Å²) in [6, 6.07) is 13.5. The molecule has 8 heteroatoms. The van der Waals surface area contributed by atoms with E-state index < -0.39 is 11.3 Å². The molecule has 7 nitrogen and oxygen atoms in total. The van der Waals surface area contributed by atoms with E-state index in [4.69, 9.17) is 15.2 Å². The molecule has 1 saturated carbocycles. The summed E-state index contributed by atoms with van der Waals surface area (Å²) in [5.74, 6) is 1.52. The molecule has 1 saturated heterocycles. The van der Waals surface area contributed by atoms with Crippen molar-refractivity contribution in [3.8, 4) is 17.0 Å². The number of nitrogen functional groups attached to an aromatic ring is 1. The molecule has 3 aromatic rings. The van der Waals surface area contributed by atoms with E-state index in [-0.39, 0.29) is 6.10 Å². The van der Waals surface area contributed by atoms with Crippen molar-refractivity contribution >= 4 is 33.5 Å². The number of ether oxygens (including phenoxy) is 2. The zero-order valence-corrected chi connectivity index (χ0v) is 18.0. The Labute approximate surface area is 183 Å². The van der Waals surface area contributed by atoms with E-state index in [1.54, 1.807) is 12.1 Å². The van der Waals surface area contributed by atoms with Gasteiger partial charge in [-0.15, -0.1) is 0 Å². The van der Waals surface area contributed by atoms with Gasteiger partial charge in [-0.1, -0.05) is 12.1 Å². The molecular formula is C23H26N3O4S-. The highest BCUT2D eigenvalue weighted by molar-refractivity contribution is 7.80. The highest BCUT2D eigenvalue weighted by Gasteiger charge is 2.26. The van der Waals surface area contributed by atoms with Gasteiger partial charge in [0, 0.05) is 53.4 Å². The maximum absolute atomic E-state index is 10.9. The molecule has 2 fully saturated rings. The summed E-state index contributed by atoms with van der Waals surface area (Å²) >= 11 is -2.35. The molecule has 164 valence electrons. The first-order chi connectivity index (χ1) is 15.1. The van der Waals surface area contributed by atoms with E-state index >= 15 is 0 Å². The third kappa shape index (κ3) is 4.42. The number of hydrogen-bond acceptors (Lipinski definition) is 5. The zero-order chi connectivity index (χ0) is 21.4. The highest BCUT2D eigenvalue weighted by Crippen LogP contribution is 2.41. The summed E-state index contributed by atoms with van der Waals surface area (Å²) in [5.41, 5.74) is 10.9. The summed E-state index contributed by atoms with van der Waals surface area (Å²) in [5, 5.41) is 1.01. The third-order valence-electron chi connectivity index (χ3n) is 6.04. The van der Waals surface area contributed by atoms with Crippen LogP contribution in [0, 0.1) is 5.92 Å². The van der Waals surface area contributed by atoms with Crippen molar-refractivity contribution in [2.24, 2.45) is 5.92 Å². The van der Waals surface area contributed by atoms with Crippen LogP contribution in [-0.4, -0.2) is 32.6 Å². The van der Waals surface area contributed by atoms with Crippen molar-refractivity contribution < 1.29 is 18.2 Å². The predicted octanol–water partition coefficient (Wildman–Crippen LogP) is 4.06. The molecular weight excluding hydrogens is 414 g/mol. The summed E-state index contributed by atoms with van der Waals surface area (Å²) < 4.78 is 38.2. The Morgan fingerprint density at radius 3 is 2.55 bits per heavy atom. The second-order valence-corrected chi connectivity index (χ2v) is 9.01. The van der Waals surface area contributed by atoms with Crippen LogP contribution >= 0.6 is 0 Å². The van der Waals surface area contributed by atoms with Gasteiger partial charge in [-0.25, -0.2) is 0 Å². The van der Waals surface area contributed by atoms with Crippen molar-refractivity contribution in [3.05, 3.63) is 42.5 Å². The smallest absolute Gasteiger partial charge is 0.121 e. The average molecular weight is 441 g/mol. The maximum atomic E-state index is 10.9. The average Bonchev–Trinajstić information content (AvgIpc) is 3.54. The summed E-state index contributed by atoms with van der Waals surface area (Å²) in [7, 11) is 0. The minimum atomic E-state index is -2.35. The molecule has 5 rings (SSSR count). The van der Waals surface area contributed by atoms with Crippen LogP contribution < -0.4 is 15.2 Å². The van der Waals surface area contributed by atoms with Gasteiger partial charge in [-0.3, -0.25) is 4.21 Å². The fourth-order valence-corrected chi connectivity index (χ4v) is 4.60. The van der Waals surface area contributed by atoms with Gasteiger partial charge in [-0.05, 0) is 43.0 Å². The monoisotopic (exact) mass is 440 g/mol. The Morgan fingerprint density at radius 1 is 1.13 bits per heavy atom. The second kappa shape index (κ2) is 8.53. The number of nitrogens with one attached hydrogen (secondary N) is 1. The number of aromatic nitrogens is 1. The number of benzene rings is 2. The van der Waals surface area contributed by atoms with Gasteiger partial charge < -0.3 is 29.0 Å². The fourth-order valence-electron chi connectivity index (χ4n) is 4.27. The van der Waals surface area contributed by atoms with Gasteiger partial charge in [-0.2, -0.15) is 0 Å². The Bertz CT molecular complexity index is 1100. The van der Waals surface area contributed by atoms with Gasteiger partial charge in [0.05, 0.1) is 30.1 Å². The van der Waals surface area contributed by atoms with Crippen LogP contribution in [-0.2, 0) is 22.5 Å². The second-order valence-electron chi connectivity index (χ2n) is 8.34. The lowest BCUT2D eigenvalue weighted by Gasteiger charge is -2.23.